The van der Waals surface area contributed by atoms with Crippen molar-refractivity contribution >= 4 is 11.8 Å². The van der Waals surface area contributed by atoms with E-state index in [1.807, 2.05) is 47.4 Å². The molecule has 0 aliphatic carbocycles. The van der Waals surface area contributed by atoms with E-state index in [-0.39, 0.29) is 23.5 Å². The Labute approximate surface area is 181 Å². The van der Waals surface area contributed by atoms with Gasteiger partial charge in [0.15, 0.2) is 0 Å². The normalized spacial score (nSPS) is 14.4. The summed E-state index contributed by atoms with van der Waals surface area (Å²) >= 11 is 0. The minimum atomic E-state index is -0.365. The molecule has 0 atom stereocenters. The third kappa shape index (κ3) is 5.20. The van der Waals surface area contributed by atoms with Crippen LogP contribution in [0.3, 0.4) is 0 Å². The number of hydrogen-bond acceptors (Lipinski definition) is 3. The zero-order valence-corrected chi connectivity index (χ0v) is 17.2. The van der Waals surface area contributed by atoms with Gasteiger partial charge in [0.05, 0.1) is 12.8 Å². The molecule has 1 aliphatic heterocycles. The molecule has 2 aromatic carbocycles. The topological polar surface area (TPSA) is 53.8 Å². The SMILES string of the molecule is O=C(c1ccc(F)cc1)N1CCC(C(=O)N(Cc2ccccc2)Cc2ccco2)CC1. The maximum atomic E-state index is 13.4. The molecule has 0 unspecified atom stereocenters. The van der Waals surface area contributed by atoms with Crippen LogP contribution in [0, 0.1) is 11.7 Å². The zero-order valence-electron chi connectivity index (χ0n) is 17.2. The Morgan fingerprint density at radius 2 is 1.65 bits per heavy atom. The first-order chi connectivity index (χ1) is 15.1. The fourth-order valence-electron chi connectivity index (χ4n) is 3.97. The summed E-state index contributed by atoms with van der Waals surface area (Å²) in [5.41, 5.74) is 1.53. The second-order valence-electron chi connectivity index (χ2n) is 7.83. The van der Waals surface area contributed by atoms with Crippen LogP contribution in [0.2, 0.25) is 0 Å². The minimum absolute atomic E-state index is 0.0779. The van der Waals surface area contributed by atoms with Crippen LogP contribution in [0.15, 0.2) is 77.4 Å². The molecule has 2 amide bonds. The average molecular weight is 420 g/mol. The Hall–Kier alpha value is -3.41. The molecule has 0 saturated carbocycles. The lowest BCUT2D eigenvalue weighted by Gasteiger charge is -2.34. The van der Waals surface area contributed by atoms with Crippen molar-refractivity contribution in [3.63, 3.8) is 0 Å². The average Bonchev–Trinajstić information content (AvgIpc) is 3.32. The fraction of sp³-hybridized carbons (Fsp3) is 0.280. The van der Waals surface area contributed by atoms with Crippen LogP contribution in [0.4, 0.5) is 4.39 Å². The monoisotopic (exact) mass is 420 g/mol. The molecule has 0 bridgehead atoms. The van der Waals surface area contributed by atoms with Crippen molar-refractivity contribution in [1.29, 1.82) is 0 Å². The number of amides is 2. The number of piperidine rings is 1. The van der Waals surface area contributed by atoms with Crippen molar-refractivity contribution in [3.8, 4) is 0 Å². The van der Waals surface area contributed by atoms with Crippen LogP contribution in [0.1, 0.15) is 34.5 Å². The van der Waals surface area contributed by atoms with E-state index in [1.165, 1.54) is 24.3 Å². The minimum Gasteiger partial charge on any atom is -0.467 e. The third-order valence-corrected chi connectivity index (χ3v) is 5.68. The summed E-state index contributed by atoms with van der Waals surface area (Å²) in [6.07, 6.45) is 2.82. The molecule has 1 fully saturated rings. The highest BCUT2D eigenvalue weighted by atomic mass is 19.1. The predicted octanol–water partition coefficient (Wildman–Crippen LogP) is 4.50. The summed E-state index contributed by atoms with van der Waals surface area (Å²) in [6.45, 7) is 1.93. The van der Waals surface area contributed by atoms with E-state index < -0.39 is 0 Å². The first-order valence-corrected chi connectivity index (χ1v) is 10.5. The molecule has 2 heterocycles. The Morgan fingerprint density at radius 1 is 0.935 bits per heavy atom. The number of benzene rings is 2. The van der Waals surface area contributed by atoms with Gasteiger partial charge in [-0.15, -0.1) is 0 Å². The molecular weight excluding hydrogens is 395 g/mol. The molecule has 1 aliphatic rings. The van der Waals surface area contributed by atoms with Crippen molar-refractivity contribution in [1.82, 2.24) is 9.80 Å². The van der Waals surface area contributed by atoms with E-state index in [0.717, 1.165) is 11.3 Å². The van der Waals surface area contributed by atoms with Gasteiger partial charge in [-0.05, 0) is 54.8 Å². The number of halogens is 1. The molecule has 4 rings (SSSR count). The number of rotatable bonds is 6. The third-order valence-electron chi connectivity index (χ3n) is 5.68. The number of carbonyl (C=O) groups is 2. The van der Waals surface area contributed by atoms with E-state index in [0.29, 0.717) is 44.6 Å². The van der Waals surface area contributed by atoms with E-state index in [4.69, 9.17) is 4.42 Å². The van der Waals surface area contributed by atoms with Crippen LogP contribution < -0.4 is 0 Å². The number of likely N-dealkylation sites (tertiary alicyclic amines) is 1. The Bertz CT molecular complexity index is 995. The molecular formula is C25H25FN2O3. The Kier molecular flexibility index (Phi) is 6.46. The van der Waals surface area contributed by atoms with Crippen molar-refractivity contribution in [2.24, 2.45) is 5.92 Å². The molecule has 1 saturated heterocycles. The van der Waals surface area contributed by atoms with Gasteiger partial charge in [-0.2, -0.15) is 0 Å². The van der Waals surface area contributed by atoms with Gasteiger partial charge in [0.2, 0.25) is 5.91 Å². The first kappa shape index (κ1) is 20.8. The Balaban J connectivity index is 1.40. The number of carbonyl (C=O) groups excluding carboxylic acids is 2. The number of nitrogens with zero attached hydrogens (tertiary/aromatic N) is 2. The standard InChI is InChI=1S/C25H25FN2O3/c26-22-10-8-20(9-11-22)24(29)27-14-12-21(13-15-27)25(30)28(18-23-7-4-16-31-23)17-19-5-2-1-3-6-19/h1-11,16,21H,12-15,17-18H2. The molecule has 1 aromatic heterocycles. The molecule has 3 aromatic rings. The van der Waals surface area contributed by atoms with Crippen LogP contribution in [-0.4, -0.2) is 34.7 Å². The molecule has 31 heavy (non-hydrogen) atoms. The second-order valence-corrected chi connectivity index (χ2v) is 7.83. The summed E-state index contributed by atoms with van der Waals surface area (Å²) in [4.78, 5) is 29.6. The summed E-state index contributed by atoms with van der Waals surface area (Å²) in [5.74, 6) is 0.192. The van der Waals surface area contributed by atoms with Gasteiger partial charge in [0, 0.05) is 31.1 Å². The zero-order chi connectivity index (χ0) is 21.6. The van der Waals surface area contributed by atoms with E-state index in [2.05, 4.69) is 0 Å². The van der Waals surface area contributed by atoms with Crippen LogP contribution in [-0.2, 0) is 17.9 Å². The second kappa shape index (κ2) is 9.60. The van der Waals surface area contributed by atoms with E-state index in [9.17, 15) is 14.0 Å². The maximum Gasteiger partial charge on any atom is 0.253 e. The molecule has 160 valence electrons. The molecule has 0 spiro atoms. The number of furan rings is 1. The van der Waals surface area contributed by atoms with Crippen molar-refractivity contribution in [3.05, 3.63) is 95.7 Å². The van der Waals surface area contributed by atoms with E-state index >= 15 is 0 Å². The van der Waals surface area contributed by atoms with Gasteiger partial charge in [0.1, 0.15) is 11.6 Å². The lowest BCUT2D eigenvalue weighted by atomic mass is 9.94. The van der Waals surface area contributed by atoms with Crippen molar-refractivity contribution < 1.29 is 18.4 Å². The molecule has 0 N–H and O–H groups in total. The summed E-state index contributed by atoms with van der Waals surface area (Å²) < 4.78 is 18.6. The first-order valence-electron chi connectivity index (χ1n) is 10.5. The van der Waals surface area contributed by atoms with Crippen molar-refractivity contribution in [2.75, 3.05) is 13.1 Å². The lowest BCUT2D eigenvalue weighted by molar-refractivity contribution is -0.138. The fourth-order valence-corrected chi connectivity index (χ4v) is 3.97. The molecule has 6 heteroatoms. The largest absolute Gasteiger partial charge is 0.467 e. The van der Waals surface area contributed by atoms with Gasteiger partial charge in [-0.3, -0.25) is 9.59 Å². The van der Waals surface area contributed by atoms with E-state index in [1.54, 1.807) is 11.2 Å². The number of hydrogen-bond donors (Lipinski definition) is 0. The highest BCUT2D eigenvalue weighted by Crippen LogP contribution is 2.23. The predicted molar refractivity (Wildman–Crippen MR) is 114 cm³/mol. The Morgan fingerprint density at radius 3 is 2.29 bits per heavy atom. The highest BCUT2D eigenvalue weighted by molar-refractivity contribution is 5.94. The quantitative estimate of drug-likeness (QED) is 0.590. The summed E-state index contributed by atoms with van der Waals surface area (Å²) in [5, 5.41) is 0. The summed E-state index contributed by atoms with van der Waals surface area (Å²) in [7, 11) is 0. The van der Waals surface area contributed by atoms with Gasteiger partial charge in [-0.25, -0.2) is 4.39 Å². The lowest BCUT2D eigenvalue weighted by Crippen LogP contribution is -2.44. The molecule has 5 nitrogen and oxygen atoms in total. The highest BCUT2D eigenvalue weighted by Gasteiger charge is 2.31. The summed E-state index contributed by atoms with van der Waals surface area (Å²) in [6, 6.07) is 19.2. The van der Waals surface area contributed by atoms with Crippen molar-refractivity contribution in [2.45, 2.75) is 25.9 Å². The van der Waals surface area contributed by atoms with Crippen LogP contribution in [0.5, 0.6) is 0 Å². The van der Waals surface area contributed by atoms with Crippen LogP contribution >= 0.6 is 0 Å². The molecule has 0 radical (unpaired) electrons. The van der Waals surface area contributed by atoms with Gasteiger partial charge < -0.3 is 14.2 Å². The van der Waals surface area contributed by atoms with Gasteiger partial charge in [0.25, 0.3) is 5.91 Å². The van der Waals surface area contributed by atoms with Crippen LogP contribution in [0.25, 0.3) is 0 Å². The van der Waals surface area contributed by atoms with Gasteiger partial charge in [-0.1, -0.05) is 30.3 Å². The maximum absolute atomic E-state index is 13.4. The smallest absolute Gasteiger partial charge is 0.253 e. The van der Waals surface area contributed by atoms with Gasteiger partial charge >= 0.3 is 0 Å².